The Labute approximate surface area is 120 Å². The van der Waals surface area contributed by atoms with Gasteiger partial charge in [-0.05, 0) is 30.2 Å². The van der Waals surface area contributed by atoms with Gasteiger partial charge in [0.15, 0.2) is 0 Å². The van der Waals surface area contributed by atoms with Crippen molar-refractivity contribution in [2.24, 2.45) is 7.05 Å². The first-order valence-corrected chi connectivity index (χ1v) is 6.63. The van der Waals surface area contributed by atoms with E-state index in [2.05, 4.69) is 5.32 Å². The lowest BCUT2D eigenvalue weighted by Crippen LogP contribution is -2.39. The van der Waals surface area contributed by atoms with E-state index in [-0.39, 0.29) is 23.8 Å². The van der Waals surface area contributed by atoms with Gasteiger partial charge in [0.25, 0.3) is 0 Å². The first kappa shape index (κ1) is 13.4. The number of carbonyl (C=O) groups is 3. The number of amides is 2. The third-order valence-electron chi connectivity index (χ3n) is 3.90. The second-order valence-corrected chi connectivity index (χ2v) is 5.24. The van der Waals surface area contributed by atoms with Crippen molar-refractivity contribution in [3.63, 3.8) is 0 Å². The number of hydrogen-bond donors (Lipinski definition) is 2. The zero-order valence-corrected chi connectivity index (χ0v) is 11.4. The van der Waals surface area contributed by atoms with Gasteiger partial charge in [0, 0.05) is 30.6 Å². The molecule has 0 bridgehead atoms. The van der Waals surface area contributed by atoms with Gasteiger partial charge in [-0.15, -0.1) is 0 Å². The average Bonchev–Trinajstić information content (AvgIpc) is 2.79. The molecule has 2 heterocycles. The van der Waals surface area contributed by atoms with Crippen LogP contribution in [0.5, 0.6) is 0 Å². The van der Waals surface area contributed by atoms with Gasteiger partial charge in [0.2, 0.25) is 11.8 Å². The van der Waals surface area contributed by atoms with Crippen molar-refractivity contribution in [2.45, 2.75) is 18.8 Å². The summed E-state index contributed by atoms with van der Waals surface area (Å²) in [5.41, 5.74) is 1.56. The molecule has 6 nitrogen and oxygen atoms in total. The lowest BCUT2D eigenvalue weighted by atomic mass is 9.88. The molecule has 0 spiro atoms. The Bertz CT molecular complexity index is 775. The zero-order chi connectivity index (χ0) is 15.1. The number of fused-ring (bicyclic) bond motifs is 1. The predicted octanol–water partition coefficient (Wildman–Crippen LogP) is 1.40. The monoisotopic (exact) mass is 286 g/mol. The van der Waals surface area contributed by atoms with Crippen LogP contribution in [-0.4, -0.2) is 27.5 Å². The summed E-state index contributed by atoms with van der Waals surface area (Å²) in [5.74, 6) is -2.16. The van der Waals surface area contributed by atoms with E-state index in [1.807, 2.05) is 17.7 Å². The predicted molar refractivity (Wildman–Crippen MR) is 75.0 cm³/mol. The Hall–Kier alpha value is -2.63. The highest BCUT2D eigenvalue weighted by Gasteiger charge is 2.29. The Balaban J connectivity index is 2.14. The molecule has 108 valence electrons. The van der Waals surface area contributed by atoms with Crippen LogP contribution in [0.4, 0.5) is 0 Å². The van der Waals surface area contributed by atoms with Gasteiger partial charge < -0.3 is 9.67 Å². The van der Waals surface area contributed by atoms with Crippen LogP contribution in [0.15, 0.2) is 24.4 Å². The molecule has 6 heteroatoms. The van der Waals surface area contributed by atoms with Crippen molar-refractivity contribution < 1.29 is 19.5 Å². The highest BCUT2D eigenvalue weighted by atomic mass is 16.4. The third-order valence-corrected chi connectivity index (χ3v) is 3.90. The number of carbonyl (C=O) groups excluding carboxylic acids is 2. The molecule has 1 atom stereocenters. The minimum Gasteiger partial charge on any atom is -0.478 e. The zero-order valence-electron chi connectivity index (χ0n) is 11.4. The molecule has 0 radical (unpaired) electrons. The van der Waals surface area contributed by atoms with E-state index >= 15 is 0 Å². The van der Waals surface area contributed by atoms with Crippen molar-refractivity contribution in [3.8, 4) is 0 Å². The molecule has 3 rings (SSSR count). The largest absolute Gasteiger partial charge is 0.478 e. The van der Waals surface area contributed by atoms with Crippen LogP contribution in [0.3, 0.4) is 0 Å². The van der Waals surface area contributed by atoms with Gasteiger partial charge >= 0.3 is 5.97 Å². The van der Waals surface area contributed by atoms with Crippen molar-refractivity contribution >= 4 is 28.7 Å². The van der Waals surface area contributed by atoms with E-state index in [1.165, 1.54) is 6.07 Å². The maximum Gasteiger partial charge on any atom is 0.336 e. The smallest absolute Gasteiger partial charge is 0.336 e. The van der Waals surface area contributed by atoms with Crippen LogP contribution < -0.4 is 5.32 Å². The van der Waals surface area contributed by atoms with E-state index in [9.17, 15) is 19.5 Å². The van der Waals surface area contributed by atoms with Crippen LogP contribution in [0.25, 0.3) is 10.9 Å². The summed E-state index contributed by atoms with van der Waals surface area (Å²) in [5, 5.41) is 12.3. The fourth-order valence-electron chi connectivity index (χ4n) is 2.78. The maximum atomic E-state index is 12.0. The Morgan fingerprint density at radius 3 is 2.81 bits per heavy atom. The molecule has 1 aromatic heterocycles. The summed E-state index contributed by atoms with van der Waals surface area (Å²) < 4.78 is 1.82. The summed E-state index contributed by atoms with van der Waals surface area (Å²) in [4.78, 5) is 34.6. The molecule has 1 fully saturated rings. The maximum absolute atomic E-state index is 12.0. The molecule has 1 aliphatic rings. The van der Waals surface area contributed by atoms with Gasteiger partial charge in [-0.1, -0.05) is 0 Å². The number of carboxylic acids is 1. The van der Waals surface area contributed by atoms with Gasteiger partial charge in [0.1, 0.15) is 0 Å². The molecule has 2 N–H and O–H groups in total. The fraction of sp³-hybridized carbons (Fsp3) is 0.267. The van der Waals surface area contributed by atoms with Crippen molar-refractivity contribution in [3.05, 3.63) is 35.5 Å². The SMILES string of the molecule is Cn1ccc2c(C(=O)O)cc(C3CCC(=O)NC3=O)cc21. The molecule has 0 aliphatic carbocycles. The lowest BCUT2D eigenvalue weighted by molar-refractivity contribution is -0.134. The number of aromatic nitrogens is 1. The third kappa shape index (κ3) is 2.18. The number of piperidine rings is 1. The number of nitrogens with zero attached hydrogens (tertiary/aromatic N) is 1. The van der Waals surface area contributed by atoms with E-state index in [0.717, 1.165) is 5.52 Å². The molecule has 1 aromatic carbocycles. The van der Waals surface area contributed by atoms with E-state index in [1.54, 1.807) is 12.3 Å². The molecule has 1 aliphatic heterocycles. The number of imide groups is 1. The first-order valence-electron chi connectivity index (χ1n) is 6.63. The summed E-state index contributed by atoms with van der Waals surface area (Å²) >= 11 is 0. The number of rotatable bonds is 2. The minimum atomic E-state index is -1.03. The summed E-state index contributed by atoms with van der Waals surface area (Å²) in [6, 6.07) is 5.10. The standard InChI is InChI=1S/C15H14N2O4/c1-17-5-4-10-11(15(20)21)6-8(7-12(10)17)9-2-3-13(18)16-14(9)19/h4-7,9H,2-3H2,1H3,(H,20,21)(H,16,18,19). The van der Waals surface area contributed by atoms with Crippen LogP contribution in [0.1, 0.15) is 34.7 Å². The molecule has 1 saturated heterocycles. The summed E-state index contributed by atoms with van der Waals surface area (Å²) in [6.07, 6.45) is 2.45. The Kier molecular flexibility index (Phi) is 3.01. The van der Waals surface area contributed by atoms with Gasteiger partial charge in [-0.3, -0.25) is 14.9 Å². The van der Waals surface area contributed by atoms with Crippen molar-refractivity contribution in [2.75, 3.05) is 0 Å². The minimum absolute atomic E-state index is 0.174. The van der Waals surface area contributed by atoms with Crippen molar-refractivity contribution in [1.29, 1.82) is 0 Å². The van der Waals surface area contributed by atoms with E-state index in [0.29, 0.717) is 17.4 Å². The molecular weight excluding hydrogens is 272 g/mol. The van der Waals surface area contributed by atoms with Crippen LogP contribution in [-0.2, 0) is 16.6 Å². The molecule has 2 amide bonds. The highest BCUT2D eigenvalue weighted by molar-refractivity contribution is 6.05. The van der Waals surface area contributed by atoms with Crippen LogP contribution in [0.2, 0.25) is 0 Å². The first-order chi connectivity index (χ1) is 9.97. The number of aromatic carboxylic acids is 1. The average molecular weight is 286 g/mol. The molecular formula is C15H14N2O4. The van der Waals surface area contributed by atoms with Gasteiger partial charge in [0.05, 0.1) is 11.5 Å². The fourth-order valence-corrected chi connectivity index (χ4v) is 2.78. The molecule has 0 saturated carbocycles. The van der Waals surface area contributed by atoms with E-state index < -0.39 is 11.9 Å². The molecule has 21 heavy (non-hydrogen) atoms. The second kappa shape index (κ2) is 4.73. The lowest BCUT2D eigenvalue weighted by Gasteiger charge is -2.21. The number of benzene rings is 1. The number of aryl methyl sites for hydroxylation is 1. The number of carboxylic acid groups (broad SMARTS) is 1. The van der Waals surface area contributed by atoms with Gasteiger partial charge in [-0.2, -0.15) is 0 Å². The normalized spacial score (nSPS) is 18.8. The summed E-state index contributed by atoms with van der Waals surface area (Å²) in [7, 11) is 1.82. The second-order valence-electron chi connectivity index (χ2n) is 5.24. The van der Waals surface area contributed by atoms with Crippen molar-refractivity contribution in [1.82, 2.24) is 9.88 Å². The molecule has 2 aromatic rings. The van der Waals surface area contributed by atoms with Crippen LogP contribution in [0, 0.1) is 0 Å². The van der Waals surface area contributed by atoms with E-state index in [4.69, 9.17) is 0 Å². The van der Waals surface area contributed by atoms with Gasteiger partial charge in [-0.25, -0.2) is 4.79 Å². The quantitative estimate of drug-likeness (QED) is 0.817. The number of nitrogens with one attached hydrogen (secondary N) is 1. The topological polar surface area (TPSA) is 88.4 Å². The Morgan fingerprint density at radius 1 is 1.38 bits per heavy atom. The molecule has 1 unspecified atom stereocenters. The highest BCUT2D eigenvalue weighted by Crippen LogP contribution is 2.30. The summed E-state index contributed by atoms with van der Waals surface area (Å²) in [6.45, 7) is 0. The Morgan fingerprint density at radius 2 is 2.14 bits per heavy atom. The van der Waals surface area contributed by atoms with Crippen LogP contribution >= 0.6 is 0 Å². The number of hydrogen-bond acceptors (Lipinski definition) is 3.